The maximum Gasteiger partial charge on any atom is 0.255 e. The van der Waals surface area contributed by atoms with Crippen molar-refractivity contribution in [3.63, 3.8) is 0 Å². The molecule has 7 heteroatoms. The number of hydrogen-bond acceptors (Lipinski definition) is 3. The summed E-state index contributed by atoms with van der Waals surface area (Å²) in [5.74, 6) is -0.310. The van der Waals surface area contributed by atoms with Gasteiger partial charge in [-0.25, -0.2) is 0 Å². The Bertz CT molecular complexity index is 689. The van der Waals surface area contributed by atoms with Gasteiger partial charge in [-0.15, -0.1) is 0 Å². The zero-order chi connectivity index (χ0) is 16.4. The summed E-state index contributed by atoms with van der Waals surface area (Å²) in [6.45, 7) is 6.07. The maximum absolute atomic E-state index is 12.3. The van der Waals surface area contributed by atoms with E-state index in [-0.39, 0.29) is 27.7 Å². The Hall–Kier alpha value is -1.72. The average molecular weight is 341 g/mol. The summed E-state index contributed by atoms with van der Waals surface area (Å²) in [4.78, 5) is 12.3. The second kappa shape index (κ2) is 6.58. The molecule has 0 aliphatic rings. The molecule has 0 bridgehead atoms. The second-order valence-electron chi connectivity index (χ2n) is 5.15. The van der Waals surface area contributed by atoms with Crippen molar-refractivity contribution in [2.75, 3.05) is 11.1 Å². The lowest BCUT2D eigenvalue weighted by molar-refractivity contribution is 0.102. The van der Waals surface area contributed by atoms with E-state index >= 15 is 0 Å². The molecule has 118 valence electrons. The Labute approximate surface area is 139 Å². The summed E-state index contributed by atoms with van der Waals surface area (Å²) in [6.07, 6.45) is 2.60. The van der Waals surface area contributed by atoms with Crippen LogP contribution in [0.2, 0.25) is 10.0 Å². The van der Waals surface area contributed by atoms with Crippen molar-refractivity contribution in [3.8, 4) is 0 Å². The van der Waals surface area contributed by atoms with Crippen LogP contribution >= 0.6 is 23.2 Å². The quantitative estimate of drug-likeness (QED) is 0.814. The molecule has 1 amide bonds. The SMILES string of the molecule is CCC(C)n1ncc(NC(=O)c2cc(Cl)c(N)c(Cl)c2)c1C. The number of benzene rings is 1. The van der Waals surface area contributed by atoms with Gasteiger partial charge in [0.2, 0.25) is 0 Å². The van der Waals surface area contributed by atoms with Crippen LogP contribution in [-0.4, -0.2) is 15.7 Å². The number of aromatic nitrogens is 2. The smallest absolute Gasteiger partial charge is 0.255 e. The number of nitrogen functional groups attached to an aromatic ring is 1. The Balaban J connectivity index is 2.25. The highest BCUT2D eigenvalue weighted by atomic mass is 35.5. The van der Waals surface area contributed by atoms with Crippen LogP contribution in [0.25, 0.3) is 0 Å². The van der Waals surface area contributed by atoms with E-state index in [4.69, 9.17) is 28.9 Å². The molecule has 0 radical (unpaired) electrons. The molecule has 1 heterocycles. The molecule has 2 rings (SSSR count). The fraction of sp³-hybridized carbons (Fsp3) is 0.333. The first-order valence-corrected chi connectivity index (χ1v) is 7.70. The number of carbonyl (C=O) groups is 1. The number of hydrogen-bond donors (Lipinski definition) is 2. The number of anilines is 2. The minimum absolute atomic E-state index is 0.254. The molecule has 2 aromatic rings. The number of nitrogens with one attached hydrogen (secondary N) is 1. The highest BCUT2D eigenvalue weighted by molar-refractivity contribution is 6.39. The molecule has 0 fully saturated rings. The van der Waals surface area contributed by atoms with Crippen molar-refractivity contribution in [1.29, 1.82) is 0 Å². The van der Waals surface area contributed by atoms with Crippen molar-refractivity contribution >= 4 is 40.5 Å². The van der Waals surface area contributed by atoms with E-state index in [2.05, 4.69) is 24.3 Å². The van der Waals surface area contributed by atoms with E-state index in [9.17, 15) is 4.79 Å². The van der Waals surface area contributed by atoms with Gasteiger partial charge in [-0.1, -0.05) is 30.1 Å². The van der Waals surface area contributed by atoms with Gasteiger partial charge in [0.15, 0.2) is 0 Å². The van der Waals surface area contributed by atoms with Crippen LogP contribution in [0, 0.1) is 6.92 Å². The van der Waals surface area contributed by atoms with E-state index in [1.807, 2.05) is 11.6 Å². The zero-order valence-electron chi connectivity index (χ0n) is 12.7. The third kappa shape index (κ3) is 3.20. The normalized spacial score (nSPS) is 12.2. The Morgan fingerprint density at radius 3 is 2.55 bits per heavy atom. The third-order valence-electron chi connectivity index (χ3n) is 3.64. The number of carbonyl (C=O) groups excluding carboxylic acids is 1. The van der Waals surface area contributed by atoms with Crippen LogP contribution in [-0.2, 0) is 0 Å². The van der Waals surface area contributed by atoms with Gasteiger partial charge in [0.1, 0.15) is 0 Å². The molecule has 0 saturated heterocycles. The first-order valence-electron chi connectivity index (χ1n) is 6.95. The number of amides is 1. The third-order valence-corrected chi connectivity index (χ3v) is 4.27. The number of halogens is 2. The lowest BCUT2D eigenvalue weighted by Gasteiger charge is -2.12. The predicted molar refractivity (Wildman–Crippen MR) is 90.8 cm³/mol. The predicted octanol–water partition coefficient (Wildman–Crippen LogP) is 4.30. The van der Waals surface area contributed by atoms with Gasteiger partial charge in [0, 0.05) is 11.6 Å². The average Bonchev–Trinajstić information content (AvgIpc) is 2.84. The van der Waals surface area contributed by atoms with Gasteiger partial charge in [-0.05, 0) is 32.4 Å². The maximum atomic E-state index is 12.3. The topological polar surface area (TPSA) is 72.9 Å². The second-order valence-corrected chi connectivity index (χ2v) is 5.97. The molecule has 0 aliphatic heterocycles. The van der Waals surface area contributed by atoms with Crippen LogP contribution in [0.15, 0.2) is 18.3 Å². The van der Waals surface area contributed by atoms with Crippen LogP contribution in [0.3, 0.4) is 0 Å². The van der Waals surface area contributed by atoms with E-state index in [1.165, 1.54) is 12.1 Å². The minimum atomic E-state index is -0.310. The monoisotopic (exact) mass is 340 g/mol. The molecule has 0 aliphatic carbocycles. The number of nitrogens with zero attached hydrogens (tertiary/aromatic N) is 2. The van der Waals surface area contributed by atoms with E-state index in [0.29, 0.717) is 11.3 Å². The van der Waals surface area contributed by atoms with E-state index in [0.717, 1.165) is 12.1 Å². The molecule has 1 atom stereocenters. The molecule has 0 saturated carbocycles. The van der Waals surface area contributed by atoms with E-state index in [1.54, 1.807) is 6.20 Å². The first-order chi connectivity index (χ1) is 10.3. The number of nitrogens with two attached hydrogens (primary N) is 1. The Morgan fingerprint density at radius 2 is 2.00 bits per heavy atom. The molecule has 5 nitrogen and oxygen atoms in total. The van der Waals surface area contributed by atoms with E-state index < -0.39 is 0 Å². The standard InChI is InChI=1S/C15H18Cl2N4O/c1-4-8(2)21-9(3)13(7-19-21)20-15(22)10-5-11(16)14(18)12(17)6-10/h5-8H,4,18H2,1-3H3,(H,20,22). The molecule has 22 heavy (non-hydrogen) atoms. The Kier molecular flexibility index (Phi) is 4.98. The van der Waals surface area contributed by atoms with Gasteiger partial charge in [-0.3, -0.25) is 9.48 Å². The van der Waals surface area contributed by atoms with Crippen molar-refractivity contribution < 1.29 is 4.79 Å². The molecule has 1 unspecified atom stereocenters. The van der Waals surface area contributed by atoms with Crippen LogP contribution in [0.4, 0.5) is 11.4 Å². The largest absolute Gasteiger partial charge is 0.396 e. The molecular formula is C15H18Cl2N4O. The van der Waals surface area contributed by atoms with Gasteiger partial charge >= 0.3 is 0 Å². The lowest BCUT2D eigenvalue weighted by atomic mass is 10.2. The summed E-state index contributed by atoms with van der Waals surface area (Å²) < 4.78 is 1.89. The van der Waals surface area contributed by atoms with Gasteiger partial charge in [-0.2, -0.15) is 5.10 Å². The summed E-state index contributed by atoms with van der Waals surface area (Å²) in [5, 5.41) is 7.64. The molecule has 0 spiro atoms. The van der Waals surface area contributed by atoms with Crippen LogP contribution in [0.1, 0.15) is 42.4 Å². The molecular weight excluding hydrogens is 323 g/mol. The van der Waals surface area contributed by atoms with Crippen molar-refractivity contribution in [1.82, 2.24) is 9.78 Å². The van der Waals surface area contributed by atoms with Crippen molar-refractivity contribution in [2.45, 2.75) is 33.2 Å². The summed E-state index contributed by atoms with van der Waals surface area (Å²) in [7, 11) is 0. The molecule has 3 N–H and O–H groups in total. The fourth-order valence-corrected chi connectivity index (χ4v) is 2.56. The lowest BCUT2D eigenvalue weighted by Crippen LogP contribution is -2.14. The van der Waals surface area contributed by atoms with Crippen LogP contribution in [0.5, 0.6) is 0 Å². The van der Waals surface area contributed by atoms with Gasteiger partial charge in [0.25, 0.3) is 5.91 Å². The Morgan fingerprint density at radius 1 is 1.41 bits per heavy atom. The van der Waals surface area contributed by atoms with Crippen molar-refractivity contribution in [2.24, 2.45) is 0 Å². The molecule has 1 aromatic heterocycles. The first kappa shape index (κ1) is 16.6. The molecule has 1 aromatic carbocycles. The zero-order valence-corrected chi connectivity index (χ0v) is 14.2. The highest BCUT2D eigenvalue weighted by Gasteiger charge is 2.15. The number of rotatable bonds is 4. The van der Waals surface area contributed by atoms with Crippen LogP contribution < -0.4 is 11.1 Å². The summed E-state index contributed by atoms with van der Waals surface area (Å²) >= 11 is 11.9. The summed E-state index contributed by atoms with van der Waals surface area (Å²) in [6, 6.07) is 3.25. The fourth-order valence-electron chi connectivity index (χ4n) is 2.07. The van der Waals surface area contributed by atoms with Gasteiger partial charge in [0.05, 0.1) is 33.3 Å². The minimum Gasteiger partial charge on any atom is -0.396 e. The summed E-state index contributed by atoms with van der Waals surface area (Å²) in [5.41, 5.74) is 7.84. The van der Waals surface area contributed by atoms with Crippen molar-refractivity contribution in [3.05, 3.63) is 39.6 Å². The van der Waals surface area contributed by atoms with Gasteiger partial charge < -0.3 is 11.1 Å². The highest BCUT2D eigenvalue weighted by Crippen LogP contribution is 2.29.